The second-order valence-electron chi connectivity index (χ2n) is 5.32. The Bertz CT molecular complexity index is 655. The van der Waals surface area contributed by atoms with Crippen molar-refractivity contribution in [3.63, 3.8) is 0 Å². The van der Waals surface area contributed by atoms with Gasteiger partial charge in [-0.2, -0.15) is 0 Å². The van der Waals surface area contributed by atoms with E-state index in [0.717, 1.165) is 4.47 Å². The molecule has 1 aliphatic rings. The van der Waals surface area contributed by atoms with Gasteiger partial charge in [-0.15, -0.1) is 0 Å². The molecular weight excluding hydrogens is 350 g/mol. The van der Waals surface area contributed by atoms with Gasteiger partial charge >= 0.3 is 0 Å². The third-order valence-corrected chi connectivity index (χ3v) is 4.61. The molecule has 1 amide bonds. The summed E-state index contributed by atoms with van der Waals surface area (Å²) in [4.78, 5) is 12.5. The van der Waals surface area contributed by atoms with E-state index in [1.807, 2.05) is 18.2 Å². The molecule has 1 unspecified atom stereocenters. The molecule has 0 aliphatic heterocycles. The normalized spacial score (nSPS) is 15.5. The summed E-state index contributed by atoms with van der Waals surface area (Å²) in [5.41, 5.74) is 1.78. The Hall–Kier alpha value is -1.32. The van der Waals surface area contributed by atoms with Crippen LogP contribution in [-0.4, -0.2) is 5.91 Å². The summed E-state index contributed by atoms with van der Waals surface area (Å²) < 4.78 is 0.718. The standard InChI is InChI=1S/C17H15BrClNO/c18-15-10-13(19)8-9-14(15)17(21)20-16(12-6-7-12)11-4-2-1-3-5-11/h1-5,8-10,12,16H,6-7H2,(H,20,21). The van der Waals surface area contributed by atoms with E-state index in [4.69, 9.17) is 11.6 Å². The smallest absolute Gasteiger partial charge is 0.252 e. The second-order valence-corrected chi connectivity index (χ2v) is 6.61. The van der Waals surface area contributed by atoms with E-state index < -0.39 is 0 Å². The summed E-state index contributed by atoms with van der Waals surface area (Å²) in [5, 5.41) is 3.77. The van der Waals surface area contributed by atoms with Gasteiger partial charge in [0.2, 0.25) is 0 Å². The SMILES string of the molecule is O=C(NC(c1ccccc1)C1CC1)c1ccc(Cl)cc1Br. The van der Waals surface area contributed by atoms with E-state index in [1.54, 1.807) is 18.2 Å². The Morgan fingerprint density at radius 1 is 1.19 bits per heavy atom. The van der Waals surface area contributed by atoms with Gasteiger partial charge in [-0.05, 0) is 58.5 Å². The highest BCUT2D eigenvalue weighted by molar-refractivity contribution is 9.10. The minimum atomic E-state index is -0.0701. The Morgan fingerprint density at radius 3 is 2.52 bits per heavy atom. The highest BCUT2D eigenvalue weighted by atomic mass is 79.9. The molecule has 1 atom stereocenters. The first kappa shape index (κ1) is 14.6. The third kappa shape index (κ3) is 3.47. The minimum absolute atomic E-state index is 0.0701. The molecule has 3 rings (SSSR count). The number of hydrogen-bond donors (Lipinski definition) is 1. The summed E-state index contributed by atoms with van der Waals surface area (Å²) in [6.45, 7) is 0. The first-order chi connectivity index (χ1) is 10.1. The number of halogens is 2. The maximum absolute atomic E-state index is 12.5. The van der Waals surface area contributed by atoms with Crippen molar-refractivity contribution in [3.8, 4) is 0 Å². The van der Waals surface area contributed by atoms with Crippen molar-refractivity contribution in [2.24, 2.45) is 5.92 Å². The summed E-state index contributed by atoms with van der Waals surface area (Å²) in [5.74, 6) is 0.474. The lowest BCUT2D eigenvalue weighted by Gasteiger charge is -2.19. The molecule has 1 saturated carbocycles. The van der Waals surface area contributed by atoms with Crippen LogP contribution in [0.5, 0.6) is 0 Å². The van der Waals surface area contributed by atoms with Gasteiger partial charge in [-0.3, -0.25) is 4.79 Å². The number of carbonyl (C=O) groups is 1. The highest BCUT2D eigenvalue weighted by Gasteiger charge is 2.33. The Labute approximate surface area is 137 Å². The summed E-state index contributed by atoms with van der Waals surface area (Å²) in [6, 6.07) is 15.5. The second kappa shape index (κ2) is 6.20. The fourth-order valence-electron chi connectivity index (χ4n) is 2.46. The van der Waals surface area contributed by atoms with Crippen LogP contribution in [0.3, 0.4) is 0 Å². The lowest BCUT2D eigenvalue weighted by atomic mass is 10.0. The van der Waals surface area contributed by atoms with Gasteiger partial charge in [0, 0.05) is 9.50 Å². The molecule has 0 heterocycles. The molecule has 4 heteroatoms. The van der Waals surface area contributed by atoms with Gasteiger partial charge in [0.1, 0.15) is 0 Å². The van der Waals surface area contributed by atoms with E-state index in [1.165, 1.54) is 18.4 Å². The van der Waals surface area contributed by atoms with Crippen LogP contribution in [0.25, 0.3) is 0 Å². The predicted octanol–water partition coefficient (Wildman–Crippen LogP) is 4.98. The van der Waals surface area contributed by atoms with Crippen LogP contribution in [0.2, 0.25) is 5.02 Å². The molecule has 1 N–H and O–H groups in total. The zero-order valence-electron chi connectivity index (χ0n) is 11.4. The van der Waals surface area contributed by atoms with Crippen LogP contribution in [0.1, 0.15) is 34.8 Å². The number of nitrogens with one attached hydrogen (secondary N) is 1. The Morgan fingerprint density at radius 2 is 1.90 bits per heavy atom. The molecule has 0 radical (unpaired) electrons. The van der Waals surface area contributed by atoms with Crippen LogP contribution in [0.15, 0.2) is 53.0 Å². The summed E-state index contributed by atoms with van der Waals surface area (Å²) in [7, 11) is 0. The van der Waals surface area contributed by atoms with Crippen LogP contribution in [0.4, 0.5) is 0 Å². The Balaban J connectivity index is 1.81. The minimum Gasteiger partial charge on any atom is -0.345 e. The zero-order valence-corrected chi connectivity index (χ0v) is 13.7. The lowest BCUT2D eigenvalue weighted by molar-refractivity contribution is 0.0931. The maximum atomic E-state index is 12.5. The number of benzene rings is 2. The lowest BCUT2D eigenvalue weighted by Crippen LogP contribution is -2.30. The van der Waals surface area contributed by atoms with Crippen molar-refractivity contribution in [2.45, 2.75) is 18.9 Å². The van der Waals surface area contributed by atoms with E-state index in [0.29, 0.717) is 16.5 Å². The topological polar surface area (TPSA) is 29.1 Å². The number of rotatable bonds is 4. The highest BCUT2D eigenvalue weighted by Crippen LogP contribution is 2.41. The average molecular weight is 365 g/mol. The molecule has 1 aliphatic carbocycles. The quantitative estimate of drug-likeness (QED) is 0.814. The van der Waals surface area contributed by atoms with Crippen molar-refractivity contribution in [1.82, 2.24) is 5.32 Å². The largest absolute Gasteiger partial charge is 0.345 e. The molecule has 2 nitrogen and oxygen atoms in total. The first-order valence-electron chi connectivity index (χ1n) is 6.96. The van der Waals surface area contributed by atoms with Crippen molar-refractivity contribution < 1.29 is 4.79 Å². The zero-order chi connectivity index (χ0) is 14.8. The van der Waals surface area contributed by atoms with Crippen molar-refractivity contribution in [1.29, 1.82) is 0 Å². The van der Waals surface area contributed by atoms with Crippen LogP contribution >= 0.6 is 27.5 Å². The van der Waals surface area contributed by atoms with Gasteiger partial charge in [0.15, 0.2) is 0 Å². The van der Waals surface area contributed by atoms with Gasteiger partial charge in [-0.1, -0.05) is 41.9 Å². The molecule has 0 saturated heterocycles. The molecule has 0 spiro atoms. The molecule has 21 heavy (non-hydrogen) atoms. The first-order valence-corrected chi connectivity index (χ1v) is 8.13. The molecule has 108 valence electrons. The number of carbonyl (C=O) groups excluding carboxylic acids is 1. The predicted molar refractivity (Wildman–Crippen MR) is 88.5 cm³/mol. The van der Waals surface area contributed by atoms with E-state index >= 15 is 0 Å². The van der Waals surface area contributed by atoms with Gasteiger partial charge in [0.05, 0.1) is 11.6 Å². The van der Waals surface area contributed by atoms with Crippen LogP contribution in [0, 0.1) is 5.92 Å². The molecule has 0 bridgehead atoms. The molecule has 0 aromatic heterocycles. The van der Waals surface area contributed by atoms with Crippen LogP contribution in [-0.2, 0) is 0 Å². The van der Waals surface area contributed by atoms with E-state index in [2.05, 4.69) is 33.4 Å². The molecular formula is C17H15BrClNO. The Kier molecular flexibility index (Phi) is 4.32. The molecule has 2 aromatic carbocycles. The van der Waals surface area contributed by atoms with Crippen molar-refractivity contribution in [2.75, 3.05) is 0 Å². The average Bonchev–Trinajstić information content (AvgIpc) is 3.30. The van der Waals surface area contributed by atoms with Gasteiger partial charge < -0.3 is 5.32 Å². The van der Waals surface area contributed by atoms with Gasteiger partial charge in [-0.25, -0.2) is 0 Å². The third-order valence-electron chi connectivity index (χ3n) is 3.71. The number of hydrogen-bond acceptors (Lipinski definition) is 1. The fraction of sp³-hybridized carbons (Fsp3) is 0.235. The van der Waals surface area contributed by atoms with Crippen LogP contribution < -0.4 is 5.32 Å². The van der Waals surface area contributed by atoms with E-state index in [9.17, 15) is 4.79 Å². The summed E-state index contributed by atoms with van der Waals surface area (Å²) >= 11 is 9.32. The molecule has 2 aromatic rings. The van der Waals surface area contributed by atoms with Crippen molar-refractivity contribution in [3.05, 3.63) is 69.2 Å². The maximum Gasteiger partial charge on any atom is 0.252 e. The molecule has 1 fully saturated rings. The fourth-order valence-corrected chi connectivity index (χ4v) is 3.32. The monoisotopic (exact) mass is 363 g/mol. The van der Waals surface area contributed by atoms with E-state index in [-0.39, 0.29) is 11.9 Å². The summed E-state index contributed by atoms with van der Waals surface area (Å²) in [6.07, 6.45) is 2.34. The number of amides is 1. The van der Waals surface area contributed by atoms with Crippen molar-refractivity contribution >= 4 is 33.4 Å². The van der Waals surface area contributed by atoms with Gasteiger partial charge in [0.25, 0.3) is 5.91 Å².